The highest BCUT2D eigenvalue weighted by molar-refractivity contribution is 5.79. The number of aromatic amines is 1. The lowest BCUT2D eigenvalue weighted by molar-refractivity contribution is 0.194. The Labute approximate surface area is 80.6 Å². The number of rotatable bonds is 2. The van der Waals surface area contributed by atoms with Gasteiger partial charge in [0, 0.05) is 18.3 Å². The predicted octanol–water partition coefficient (Wildman–Crippen LogP) is 1.94. The highest BCUT2D eigenvalue weighted by atomic mass is 16.4. The van der Waals surface area contributed by atoms with Gasteiger partial charge in [0.25, 0.3) is 0 Å². The van der Waals surface area contributed by atoms with Crippen molar-refractivity contribution in [3.63, 3.8) is 0 Å². The fourth-order valence-corrected chi connectivity index (χ4v) is 1.38. The minimum Gasteiger partial charge on any atom is -0.465 e. The summed E-state index contributed by atoms with van der Waals surface area (Å²) in [6.45, 7) is 0.338. The monoisotopic (exact) mass is 190 g/mol. The van der Waals surface area contributed by atoms with Crippen molar-refractivity contribution >= 4 is 17.0 Å². The third kappa shape index (κ3) is 1.69. The van der Waals surface area contributed by atoms with Crippen LogP contribution in [0.4, 0.5) is 4.79 Å². The summed E-state index contributed by atoms with van der Waals surface area (Å²) in [5.74, 6) is 0. The zero-order chi connectivity index (χ0) is 9.97. The fourth-order valence-electron chi connectivity index (χ4n) is 1.38. The first-order valence-corrected chi connectivity index (χ1v) is 4.28. The van der Waals surface area contributed by atoms with Crippen LogP contribution in [0.1, 0.15) is 5.56 Å². The second-order valence-corrected chi connectivity index (χ2v) is 3.06. The van der Waals surface area contributed by atoms with Crippen LogP contribution in [0.5, 0.6) is 0 Å². The minimum atomic E-state index is -1.00. The van der Waals surface area contributed by atoms with E-state index in [9.17, 15) is 4.79 Å². The average Bonchev–Trinajstić information content (AvgIpc) is 2.61. The molecule has 0 unspecified atom stereocenters. The van der Waals surface area contributed by atoms with Gasteiger partial charge in [-0.2, -0.15) is 0 Å². The Kier molecular flexibility index (Phi) is 2.10. The van der Waals surface area contributed by atoms with Crippen LogP contribution in [0.25, 0.3) is 10.9 Å². The van der Waals surface area contributed by atoms with Gasteiger partial charge in [-0.15, -0.1) is 0 Å². The molecular formula is C10H10N2O2. The van der Waals surface area contributed by atoms with Crippen LogP contribution in [0.2, 0.25) is 0 Å². The van der Waals surface area contributed by atoms with Gasteiger partial charge in [-0.3, -0.25) is 0 Å². The molecule has 1 aromatic carbocycles. The van der Waals surface area contributed by atoms with Crippen LogP contribution in [0, 0.1) is 0 Å². The first-order valence-electron chi connectivity index (χ1n) is 4.28. The number of carbonyl (C=O) groups is 1. The summed E-state index contributed by atoms with van der Waals surface area (Å²) in [7, 11) is 0. The van der Waals surface area contributed by atoms with Gasteiger partial charge in [-0.25, -0.2) is 4.79 Å². The maximum atomic E-state index is 10.3. The van der Waals surface area contributed by atoms with Gasteiger partial charge in [0.1, 0.15) is 0 Å². The molecule has 4 nitrogen and oxygen atoms in total. The van der Waals surface area contributed by atoms with Gasteiger partial charge in [0.05, 0.1) is 0 Å². The summed E-state index contributed by atoms with van der Waals surface area (Å²) < 4.78 is 0. The molecule has 0 saturated carbocycles. The van der Waals surface area contributed by atoms with Crippen molar-refractivity contribution in [3.8, 4) is 0 Å². The first-order chi connectivity index (χ1) is 6.75. The number of H-pyrrole nitrogens is 1. The van der Waals surface area contributed by atoms with Gasteiger partial charge in [0.15, 0.2) is 0 Å². The molecule has 0 atom stereocenters. The van der Waals surface area contributed by atoms with Crippen LogP contribution < -0.4 is 5.32 Å². The van der Waals surface area contributed by atoms with Crippen molar-refractivity contribution in [1.82, 2.24) is 10.3 Å². The minimum absolute atomic E-state index is 0.338. The molecule has 1 heterocycles. The third-order valence-corrected chi connectivity index (χ3v) is 2.06. The highest BCUT2D eigenvalue weighted by Crippen LogP contribution is 2.13. The number of benzene rings is 1. The van der Waals surface area contributed by atoms with E-state index in [0.717, 1.165) is 16.5 Å². The molecule has 0 bridgehead atoms. The number of fused-ring (bicyclic) bond motifs is 1. The van der Waals surface area contributed by atoms with E-state index in [-0.39, 0.29) is 0 Å². The van der Waals surface area contributed by atoms with E-state index >= 15 is 0 Å². The lowest BCUT2D eigenvalue weighted by Crippen LogP contribution is -2.19. The molecule has 14 heavy (non-hydrogen) atoms. The largest absolute Gasteiger partial charge is 0.465 e. The van der Waals surface area contributed by atoms with Crippen molar-refractivity contribution < 1.29 is 9.90 Å². The summed E-state index contributed by atoms with van der Waals surface area (Å²) in [5.41, 5.74) is 1.97. The molecule has 0 radical (unpaired) electrons. The first kappa shape index (κ1) is 8.62. The van der Waals surface area contributed by atoms with Gasteiger partial charge >= 0.3 is 6.09 Å². The summed E-state index contributed by atoms with van der Waals surface area (Å²) in [6.07, 6.45) is 0.857. The predicted molar refractivity (Wildman–Crippen MR) is 53.2 cm³/mol. The standard InChI is InChI=1S/C10H10N2O2/c13-10(14)12-6-7-1-2-8-3-4-11-9(8)5-7/h1-5,11-12H,6H2,(H,13,14). The number of hydrogen-bond acceptors (Lipinski definition) is 1. The SMILES string of the molecule is O=C(O)NCc1ccc2cc[nH]c2c1. The van der Waals surface area contributed by atoms with Crippen molar-refractivity contribution in [2.75, 3.05) is 0 Å². The maximum absolute atomic E-state index is 10.3. The Morgan fingerprint density at radius 3 is 3.07 bits per heavy atom. The molecule has 0 aliphatic rings. The number of carboxylic acid groups (broad SMARTS) is 1. The summed E-state index contributed by atoms with van der Waals surface area (Å²) in [6, 6.07) is 7.78. The second kappa shape index (κ2) is 3.41. The van der Waals surface area contributed by atoms with Crippen LogP contribution in [-0.4, -0.2) is 16.2 Å². The van der Waals surface area contributed by atoms with E-state index in [1.165, 1.54) is 0 Å². The van der Waals surface area contributed by atoms with E-state index in [1.807, 2.05) is 30.5 Å². The van der Waals surface area contributed by atoms with Crippen LogP contribution >= 0.6 is 0 Å². The Bertz CT molecular complexity index is 462. The number of aromatic nitrogens is 1. The van der Waals surface area contributed by atoms with Crippen LogP contribution in [0.3, 0.4) is 0 Å². The molecule has 0 fully saturated rings. The molecule has 0 aliphatic heterocycles. The lowest BCUT2D eigenvalue weighted by Gasteiger charge is -2.00. The molecule has 0 saturated heterocycles. The van der Waals surface area contributed by atoms with Gasteiger partial charge < -0.3 is 15.4 Å². The third-order valence-electron chi connectivity index (χ3n) is 2.06. The molecule has 0 aliphatic carbocycles. The molecule has 1 aromatic heterocycles. The molecule has 72 valence electrons. The topological polar surface area (TPSA) is 65.1 Å². The van der Waals surface area contributed by atoms with Crippen molar-refractivity contribution in [3.05, 3.63) is 36.0 Å². The normalized spacial score (nSPS) is 10.3. The summed E-state index contributed by atoms with van der Waals surface area (Å²) in [4.78, 5) is 13.3. The quantitative estimate of drug-likeness (QED) is 0.677. The Balaban J connectivity index is 2.21. The molecule has 0 spiro atoms. The number of nitrogens with one attached hydrogen (secondary N) is 2. The summed E-state index contributed by atoms with van der Waals surface area (Å²) >= 11 is 0. The van der Waals surface area contributed by atoms with E-state index in [1.54, 1.807) is 0 Å². The number of amides is 1. The maximum Gasteiger partial charge on any atom is 0.404 e. The van der Waals surface area contributed by atoms with E-state index < -0.39 is 6.09 Å². The second-order valence-electron chi connectivity index (χ2n) is 3.06. The van der Waals surface area contributed by atoms with E-state index in [2.05, 4.69) is 10.3 Å². The van der Waals surface area contributed by atoms with Gasteiger partial charge in [0.2, 0.25) is 0 Å². The highest BCUT2D eigenvalue weighted by Gasteiger charge is 1.98. The van der Waals surface area contributed by atoms with E-state index in [4.69, 9.17) is 5.11 Å². The Morgan fingerprint density at radius 1 is 1.43 bits per heavy atom. The van der Waals surface area contributed by atoms with Gasteiger partial charge in [-0.05, 0) is 23.1 Å². The van der Waals surface area contributed by atoms with Crippen LogP contribution in [-0.2, 0) is 6.54 Å². The van der Waals surface area contributed by atoms with Gasteiger partial charge in [-0.1, -0.05) is 12.1 Å². The van der Waals surface area contributed by atoms with Crippen molar-refractivity contribution in [1.29, 1.82) is 0 Å². The van der Waals surface area contributed by atoms with E-state index in [0.29, 0.717) is 6.54 Å². The number of hydrogen-bond donors (Lipinski definition) is 3. The molecular weight excluding hydrogens is 180 g/mol. The average molecular weight is 190 g/mol. The zero-order valence-electron chi connectivity index (χ0n) is 7.45. The molecule has 1 amide bonds. The molecule has 2 aromatic rings. The lowest BCUT2D eigenvalue weighted by atomic mass is 10.1. The molecule has 4 heteroatoms. The summed E-state index contributed by atoms with van der Waals surface area (Å²) in [5, 5.41) is 11.9. The fraction of sp³-hybridized carbons (Fsp3) is 0.100. The Hall–Kier alpha value is -1.97. The smallest absolute Gasteiger partial charge is 0.404 e. The zero-order valence-corrected chi connectivity index (χ0v) is 7.45. The Morgan fingerprint density at radius 2 is 2.29 bits per heavy atom. The molecule has 3 N–H and O–H groups in total. The van der Waals surface area contributed by atoms with Crippen molar-refractivity contribution in [2.24, 2.45) is 0 Å². The molecule has 2 rings (SSSR count). The van der Waals surface area contributed by atoms with Crippen LogP contribution in [0.15, 0.2) is 30.5 Å². The van der Waals surface area contributed by atoms with Crippen molar-refractivity contribution in [2.45, 2.75) is 6.54 Å².